The Kier molecular flexibility index (Phi) is 4.21. The number of methoxy groups -OCH3 is 1. The number of hydrogen-bond acceptors (Lipinski definition) is 3. The molecule has 0 spiro atoms. The van der Waals surface area contributed by atoms with Crippen LogP contribution >= 0.6 is 0 Å². The Bertz CT molecular complexity index is 935. The summed E-state index contributed by atoms with van der Waals surface area (Å²) in [5, 5.41) is 3.73. The van der Waals surface area contributed by atoms with Crippen molar-refractivity contribution in [1.29, 1.82) is 0 Å². The molecule has 3 aromatic rings. The lowest BCUT2D eigenvalue weighted by Crippen LogP contribution is -2.33. The Morgan fingerprint density at radius 1 is 0.923 bits per heavy atom. The monoisotopic (exact) mass is 342 g/mol. The van der Waals surface area contributed by atoms with Crippen molar-refractivity contribution in [3.63, 3.8) is 0 Å². The molecule has 0 bridgehead atoms. The van der Waals surface area contributed by atoms with E-state index < -0.39 is 0 Å². The quantitative estimate of drug-likeness (QED) is 0.677. The Morgan fingerprint density at radius 2 is 1.62 bits per heavy atom. The standard InChI is InChI=1S/C23H22N2O/c1-23(18-11-7-4-8-12-18)16-22(17-9-5-3-6-10-17)24-20-14-13-19(26-2)15-21(20)25-23/h3-15,25H,16H2,1-2H3. The van der Waals surface area contributed by atoms with Gasteiger partial charge in [-0.3, -0.25) is 4.99 Å². The van der Waals surface area contributed by atoms with Crippen LogP contribution in [0.4, 0.5) is 11.4 Å². The number of ether oxygens (including phenoxy) is 1. The summed E-state index contributed by atoms with van der Waals surface area (Å²) in [6, 6.07) is 26.9. The number of nitrogens with one attached hydrogen (secondary N) is 1. The van der Waals surface area contributed by atoms with Gasteiger partial charge in [0.1, 0.15) is 5.75 Å². The van der Waals surface area contributed by atoms with Gasteiger partial charge >= 0.3 is 0 Å². The van der Waals surface area contributed by atoms with Crippen LogP contribution in [0.15, 0.2) is 83.9 Å². The van der Waals surface area contributed by atoms with E-state index in [0.717, 1.165) is 34.8 Å². The van der Waals surface area contributed by atoms with Gasteiger partial charge in [-0.05, 0) is 30.2 Å². The summed E-state index contributed by atoms with van der Waals surface area (Å²) in [5.74, 6) is 0.824. The predicted molar refractivity (Wildman–Crippen MR) is 108 cm³/mol. The normalized spacial score (nSPS) is 18.9. The topological polar surface area (TPSA) is 33.6 Å². The zero-order valence-corrected chi connectivity index (χ0v) is 15.1. The number of rotatable bonds is 3. The Morgan fingerprint density at radius 3 is 2.31 bits per heavy atom. The first-order valence-electron chi connectivity index (χ1n) is 8.83. The minimum absolute atomic E-state index is 0.270. The molecule has 26 heavy (non-hydrogen) atoms. The maximum atomic E-state index is 5.42. The summed E-state index contributed by atoms with van der Waals surface area (Å²) in [6.45, 7) is 2.23. The molecule has 1 atom stereocenters. The SMILES string of the molecule is COc1ccc2c(c1)NC(C)(c1ccccc1)CC(c1ccccc1)=N2. The van der Waals surface area contributed by atoms with Gasteiger partial charge in [0.25, 0.3) is 0 Å². The highest BCUT2D eigenvalue weighted by molar-refractivity contribution is 6.04. The van der Waals surface area contributed by atoms with Crippen LogP contribution in [0, 0.1) is 0 Å². The third kappa shape index (κ3) is 3.08. The molecular formula is C23H22N2O. The van der Waals surface area contributed by atoms with E-state index in [9.17, 15) is 0 Å². The smallest absolute Gasteiger partial charge is 0.121 e. The van der Waals surface area contributed by atoms with Gasteiger partial charge in [-0.1, -0.05) is 60.7 Å². The predicted octanol–water partition coefficient (Wildman–Crippen LogP) is 5.55. The fourth-order valence-electron chi connectivity index (χ4n) is 3.48. The molecule has 3 heteroatoms. The lowest BCUT2D eigenvalue weighted by molar-refractivity contribution is 0.415. The van der Waals surface area contributed by atoms with Gasteiger partial charge in [-0.15, -0.1) is 0 Å². The Labute approximate surface area is 154 Å². The van der Waals surface area contributed by atoms with Gasteiger partial charge in [0.05, 0.1) is 29.7 Å². The molecule has 4 rings (SSSR count). The summed E-state index contributed by atoms with van der Waals surface area (Å²) in [6.07, 6.45) is 0.790. The molecule has 1 heterocycles. The van der Waals surface area contributed by atoms with Crippen LogP contribution in [-0.4, -0.2) is 12.8 Å². The molecule has 0 amide bonds. The number of anilines is 1. The number of benzene rings is 3. The molecular weight excluding hydrogens is 320 g/mol. The highest BCUT2D eigenvalue weighted by Crippen LogP contribution is 2.40. The van der Waals surface area contributed by atoms with Crippen molar-refractivity contribution in [1.82, 2.24) is 0 Å². The molecule has 3 nitrogen and oxygen atoms in total. The second-order valence-electron chi connectivity index (χ2n) is 6.81. The molecule has 0 fully saturated rings. The number of fused-ring (bicyclic) bond motifs is 1. The second kappa shape index (κ2) is 6.68. The van der Waals surface area contributed by atoms with Crippen molar-refractivity contribution in [2.75, 3.05) is 12.4 Å². The van der Waals surface area contributed by atoms with Crippen LogP contribution < -0.4 is 10.1 Å². The average Bonchev–Trinajstić information content (AvgIpc) is 2.85. The van der Waals surface area contributed by atoms with E-state index in [1.54, 1.807) is 7.11 Å². The third-order valence-corrected chi connectivity index (χ3v) is 4.91. The fourth-order valence-corrected chi connectivity index (χ4v) is 3.48. The van der Waals surface area contributed by atoms with Gasteiger partial charge in [-0.25, -0.2) is 0 Å². The molecule has 0 saturated carbocycles. The average molecular weight is 342 g/mol. The summed E-state index contributed by atoms with van der Waals surface area (Å²) in [7, 11) is 1.69. The van der Waals surface area contributed by atoms with Crippen molar-refractivity contribution < 1.29 is 4.74 Å². The van der Waals surface area contributed by atoms with Gasteiger partial charge in [0.15, 0.2) is 0 Å². The molecule has 1 aliphatic heterocycles. The van der Waals surface area contributed by atoms with Crippen LogP contribution in [0.3, 0.4) is 0 Å². The van der Waals surface area contributed by atoms with Crippen LogP contribution in [0.25, 0.3) is 0 Å². The Hall–Kier alpha value is -3.07. The molecule has 0 radical (unpaired) electrons. The van der Waals surface area contributed by atoms with Crippen LogP contribution in [0.1, 0.15) is 24.5 Å². The number of hydrogen-bond donors (Lipinski definition) is 1. The van der Waals surface area contributed by atoms with E-state index >= 15 is 0 Å². The van der Waals surface area contributed by atoms with E-state index in [0.29, 0.717) is 0 Å². The van der Waals surface area contributed by atoms with Crippen molar-refractivity contribution in [2.45, 2.75) is 18.9 Å². The Balaban J connectivity index is 1.88. The first-order valence-corrected chi connectivity index (χ1v) is 8.83. The highest BCUT2D eigenvalue weighted by atomic mass is 16.5. The molecule has 1 unspecified atom stereocenters. The maximum absolute atomic E-state index is 5.42. The van der Waals surface area contributed by atoms with Gasteiger partial charge in [-0.2, -0.15) is 0 Å². The summed E-state index contributed by atoms with van der Waals surface area (Å²) in [4.78, 5) is 5.00. The zero-order valence-electron chi connectivity index (χ0n) is 15.1. The van der Waals surface area contributed by atoms with E-state index in [1.807, 2.05) is 30.3 Å². The van der Waals surface area contributed by atoms with Gasteiger partial charge in [0, 0.05) is 12.5 Å². The van der Waals surface area contributed by atoms with Crippen molar-refractivity contribution in [3.8, 4) is 5.75 Å². The summed E-state index contributed by atoms with van der Waals surface area (Å²) < 4.78 is 5.42. The lowest BCUT2D eigenvalue weighted by Gasteiger charge is -2.32. The first kappa shape index (κ1) is 16.4. The summed E-state index contributed by atoms with van der Waals surface area (Å²) >= 11 is 0. The van der Waals surface area contributed by atoms with Crippen molar-refractivity contribution in [3.05, 3.63) is 90.0 Å². The summed E-state index contributed by atoms with van der Waals surface area (Å²) in [5.41, 5.74) is 5.12. The van der Waals surface area contributed by atoms with Crippen molar-refractivity contribution in [2.24, 2.45) is 4.99 Å². The van der Waals surface area contributed by atoms with E-state index in [2.05, 4.69) is 60.8 Å². The molecule has 0 aromatic heterocycles. The highest BCUT2D eigenvalue weighted by Gasteiger charge is 2.32. The molecule has 0 aliphatic carbocycles. The van der Waals surface area contributed by atoms with Gasteiger partial charge < -0.3 is 10.1 Å². The number of nitrogens with zero attached hydrogens (tertiary/aromatic N) is 1. The van der Waals surface area contributed by atoms with Crippen LogP contribution in [0.2, 0.25) is 0 Å². The van der Waals surface area contributed by atoms with Gasteiger partial charge in [0.2, 0.25) is 0 Å². The maximum Gasteiger partial charge on any atom is 0.121 e. The largest absolute Gasteiger partial charge is 0.497 e. The molecule has 3 aromatic carbocycles. The lowest BCUT2D eigenvalue weighted by atomic mass is 9.85. The van der Waals surface area contributed by atoms with E-state index in [-0.39, 0.29) is 5.54 Å². The van der Waals surface area contributed by atoms with Crippen LogP contribution in [-0.2, 0) is 5.54 Å². The first-order chi connectivity index (χ1) is 12.7. The van der Waals surface area contributed by atoms with E-state index in [4.69, 9.17) is 9.73 Å². The third-order valence-electron chi connectivity index (χ3n) is 4.91. The minimum atomic E-state index is -0.270. The molecule has 1 aliphatic rings. The molecule has 1 N–H and O–H groups in total. The second-order valence-corrected chi connectivity index (χ2v) is 6.81. The van der Waals surface area contributed by atoms with Crippen LogP contribution in [0.5, 0.6) is 5.75 Å². The molecule has 130 valence electrons. The minimum Gasteiger partial charge on any atom is -0.497 e. The molecule has 0 saturated heterocycles. The fraction of sp³-hybridized carbons (Fsp3) is 0.174. The van der Waals surface area contributed by atoms with Crippen molar-refractivity contribution >= 4 is 17.1 Å². The number of aliphatic imine (C=N–C) groups is 1. The zero-order chi connectivity index (χ0) is 18.0. The van der Waals surface area contributed by atoms with E-state index in [1.165, 1.54) is 5.56 Å².